The fraction of sp³-hybridized carbons (Fsp3) is 0.519. The average molecular weight is 531 g/mol. The fourth-order valence-electron chi connectivity index (χ4n) is 6.35. The number of primary amides is 1. The SMILES string of the molecule is CCCC/C(Cl)=C/c1ccc(O)c2c1CC1CC3[C@H](N(C)C)C(=O)C(C(N)=O)C(=O)[C@@]3(O)C(=O)C1C2=O. The van der Waals surface area contributed by atoms with E-state index in [-0.39, 0.29) is 24.2 Å². The van der Waals surface area contributed by atoms with Gasteiger partial charge in [-0.25, -0.2) is 0 Å². The molecule has 3 aliphatic rings. The monoisotopic (exact) mass is 530 g/mol. The van der Waals surface area contributed by atoms with Gasteiger partial charge in [-0.15, -0.1) is 0 Å². The number of Topliss-reactive ketones (excluding diaryl/α,β-unsaturated/α-hetero) is 4. The van der Waals surface area contributed by atoms with E-state index in [2.05, 4.69) is 0 Å². The van der Waals surface area contributed by atoms with E-state index in [1.165, 1.54) is 11.0 Å². The highest BCUT2D eigenvalue weighted by atomic mass is 35.5. The first-order valence-electron chi connectivity index (χ1n) is 12.4. The predicted octanol–water partition coefficient (Wildman–Crippen LogP) is 1.64. The summed E-state index contributed by atoms with van der Waals surface area (Å²) < 4.78 is 0. The van der Waals surface area contributed by atoms with Crippen LogP contribution in [0, 0.1) is 23.7 Å². The smallest absolute Gasteiger partial charge is 0.235 e. The number of unbranched alkanes of at least 4 members (excludes halogenated alkanes) is 1. The van der Waals surface area contributed by atoms with E-state index in [0.717, 1.165) is 12.8 Å². The standard InChI is InChI=1S/C27H31ClN2O7/c1-4-5-6-14(28)9-12-7-8-17(31)19-15(12)10-13-11-16-21(30(2)3)23(33)20(26(29)36)25(35)27(16,37)24(34)18(13)22(19)32/h7-9,13,16,18,20-21,31,37H,4-6,10-11H2,1-3H3,(H2,29,36)/b14-9-/t13?,16?,18?,20?,21-,27-/m0/s1. The van der Waals surface area contributed by atoms with Crippen molar-refractivity contribution in [1.82, 2.24) is 4.90 Å². The Labute approximate surface area is 219 Å². The first-order chi connectivity index (χ1) is 17.4. The number of benzene rings is 1. The van der Waals surface area contributed by atoms with E-state index in [9.17, 15) is 34.2 Å². The van der Waals surface area contributed by atoms with Crippen molar-refractivity contribution in [2.45, 2.75) is 50.7 Å². The van der Waals surface area contributed by atoms with Gasteiger partial charge in [0.25, 0.3) is 0 Å². The van der Waals surface area contributed by atoms with E-state index in [4.69, 9.17) is 17.3 Å². The van der Waals surface area contributed by atoms with Crippen molar-refractivity contribution in [3.8, 4) is 5.75 Å². The average Bonchev–Trinajstić information content (AvgIpc) is 2.81. The summed E-state index contributed by atoms with van der Waals surface area (Å²) in [6, 6.07) is 1.88. The number of rotatable bonds is 6. The summed E-state index contributed by atoms with van der Waals surface area (Å²) in [5.74, 6) is -10.6. The summed E-state index contributed by atoms with van der Waals surface area (Å²) in [4.78, 5) is 67.4. The summed E-state index contributed by atoms with van der Waals surface area (Å²) in [6.45, 7) is 2.04. The number of fused-ring (bicyclic) bond motifs is 3. The summed E-state index contributed by atoms with van der Waals surface area (Å²) >= 11 is 6.42. The summed E-state index contributed by atoms with van der Waals surface area (Å²) in [7, 11) is 3.10. The number of aromatic hydroxyl groups is 1. The molecule has 4 unspecified atom stereocenters. The van der Waals surface area contributed by atoms with Crippen LogP contribution < -0.4 is 5.73 Å². The molecule has 198 valence electrons. The van der Waals surface area contributed by atoms with Gasteiger partial charge in [-0.3, -0.25) is 28.9 Å². The number of likely N-dealkylation sites (N-methyl/N-ethyl adjacent to an activating group) is 1. The summed E-state index contributed by atoms with van der Waals surface area (Å²) in [5.41, 5.74) is 3.73. The minimum atomic E-state index is -2.73. The van der Waals surface area contributed by atoms with Crippen molar-refractivity contribution in [1.29, 1.82) is 0 Å². The van der Waals surface area contributed by atoms with Crippen LogP contribution >= 0.6 is 11.6 Å². The number of phenolic OH excluding ortho intramolecular Hbond substituents is 1. The van der Waals surface area contributed by atoms with E-state index in [0.29, 0.717) is 22.6 Å². The zero-order valence-electron chi connectivity index (χ0n) is 21.0. The first-order valence-corrected chi connectivity index (χ1v) is 12.8. The normalized spacial score (nSPS) is 31.7. The summed E-state index contributed by atoms with van der Waals surface area (Å²) in [5, 5.41) is 22.8. The highest BCUT2D eigenvalue weighted by molar-refractivity contribution is 6.33. The molecule has 2 fully saturated rings. The molecular weight excluding hydrogens is 500 g/mol. The van der Waals surface area contributed by atoms with Gasteiger partial charge in [0.15, 0.2) is 34.7 Å². The number of hydrogen-bond acceptors (Lipinski definition) is 8. The molecule has 4 rings (SSSR count). The van der Waals surface area contributed by atoms with E-state index < -0.39 is 64.4 Å². The third kappa shape index (κ3) is 4.13. The van der Waals surface area contributed by atoms with Crippen LogP contribution in [0.2, 0.25) is 0 Å². The lowest BCUT2D eigenvalue weighted by Crippen LogP contribution is -2.74. The molecule has 3 aliphatic carbocycles. The second-order valence-corrected chi connectivity index (χ2v) is 11.0. The van der Waals surface area contributed by atoms with E-state index in [1.807, 2.05) is 6.92 Å². The Kier molecular flexibility index (Phi) is 7.18. The molecular formula is C27H31ClN2O7. The third-order valence-corrected chi connectivity index (χ3v) is 8.36. The molecule has 0 spiro atoms. The third-order valence-electron chi connectivity index (χ3n) is 8.06. The van der Waals surface area contributed by atoms with E-state index in [1.54, 1.807) is 26.2 Å². The number of allylic oxidation sites excluding steroid dienone is 1. The van der Waals surface area contributed by atoms with Gasteiger partial charge in [-0.05, 0) is 69.0 Å². The minimum Gasteiger partial charge on any atom is -0.507 e. The maximum absolute atomic E-state index is 13.8. The molecule has 0 saturated heterocycles. The first kappa shape index (κ1) is 27.2. The van der Waals surface area contributed by atoms with Crippen molar-refractivity contribution in [2.75, 3.05) is 14.1 Å². The van der Waals surface area contributed by atoms with Gasteiger partial charge in [0.1, 0.15) is 5.75 Å². The van der Waals surface area contributed by atoms with Crippen LogP contribution in [0.1, 0.15) is 54.1 Å². The van der Waals surface area contributed by atoms with Crippen LogP contribution in [0.3, 0.4) is 0 Å². The van der Waals surface area contributed by atoms with Crippen LogP contribution in [-0.2, 0) is 25.6 Å². The number of nitrogens with zero attached hydrogens (tertiary/aromatic N) is 1. The molecule has 1 aromatic rings. The van der Waals surface area contributed by atoms with Gasteiger partial charge in [0.05, 0.1) is 17.5 Å². The molecule has 37 heavy (non-hydrogen) atoms. The maximum Gasteiger partial charge on any atom is 0.235 e. The lowest BCUT2D eigenvalue weighted by molar-refractivity contribution is -0.181. The fourth-order valence-corrected chi connectivity index (χ4v) is 6.60. The number of carbonyl (C=O) groups is 5. The van der Waals surface area contributed by atoms with Crippen molar-refractivity contribution >= 4 is 46.7 Å². The second kappa shape index (κ2) is 9.78. The number of aliphatic hydroxyl groups is 1. The van der Waals surface area contributed by atoms with Gasteiger partial charge in [0, 0.05) is 11.0 Å². The summed E-state index contributed by atoms with van der Waals surface area (Å²) in [6.07, 6.45) is 4.44. The Hall–Kier alpha value is -2.88. The van der Waals surface area contributed by atoms with Crippen molar-refractivity contribution in [3.05, 3.63) is 33.9 Å². The topological polar surface area (TPSA) is 155 Å². The Bertz CT molecular complexity index is 1240. The zero-order valence-corrected chi connectivity index (χ0v) is 21.7. The quantitative estimate of drug-likeness (QED) is 0.469. The number of amides is 1. The Morgan fingerprint density at radius 1 is 1.22 bits per heavy atom. The van der Waals surface area contributed by atoms with Crippen LogP contribution in [0.25, 0.3) is 6.08 Å². The molecule has 0 heterocycles. The van der Waals surface area contributed by atoms with Crippen molar-refractivity contribution < 1.29 is 34.2 Å². The van der Waals surface area contributed by atoms with Crippen LogP contribution in [0.15, 0.2) is 17.2 Å². The lowest BCUT2D eigenvalue weighted by atomic mass is 9.52. The second-order valence-electron chi connectivity index (χ2n) is 10.5. The molecule has 9 nitrogen and oxygen atoms in total. The molecule has 4 N–H and O–H groups in total. The van der Waals surface area contributed by atoms with Gasteiger partial charge in [0.2, 0.25) is 5.91 Å². The predicted molar refractivity (Wildman–Crippen MR) is 135 cm³/mol. The zero-order chi connectivity index (χ0) is 27.4. The van der Waals surface area contributed by atoms with E-state index >= 15 is 0 Å². The number of hydrogen-bond donors (Lipinski definition) is 3. The van der Waals surface area contributed by atoms with Gasteiger partial charge >= 0.3 is 0 Å². The molecule has 0 aliphatic heterocycles. The number of carbonyl (C=O) groups excluding carboxylic acids is 5. The number of nitrogens with two attached hydrogens (primary N) is 1. The molecule has 0 aromatic heterocycles. The molecule has 1 amide bonds. The number of halogens is 1. The van der Waals surface area contributed by atoms with Crippen molar-refractivity contribution in [3.63, 3.8) is 0 Å². The van der Waals surface area contributed by atoms with Crippen LogP contribution in [-0.4, -0.2) is 69.9 Å². The van der Waals surface area contributed by atoms with Gasteiger partial charge in [-0.2, -0.15) is 0 Å². The lowest BCUT2D eigenvalue weighted by Gasteiger charge is -2.52. The Morgan fingerprint density at radius 2 is 1.89 bits per heavy atom. The Balaban J connectivity index is 1.83. The molecule has 2 saturated carbocycles. The maximum atomic E-state index is 13.8. The van der Waals surface area contributed by atoms with Gasteiger partial charge in [-0.1, -0.05) is 31.0 Å². The highest BCUT2D eigenvalue weighted by Gasteiger charge is 2.69. The largest absolute Gasteiger partial charge is 0.507 e. The van der Waals surface area contributed by atoms with Crippen LogP contribution in [0.5, 0.6) is 5.75 Å². The molecule has 6 atom stereocenters. The van der Waals surface area contributed by atoms with Crippen molar-refractivity contribution in [2.24, 2.45) is 29.4 Å². The number of phenols is 1. The Morgan fingerprint density at radius 3 is 2.49 bits per heavy atom. The molecule has 1 aromatic carbocycles. The molecule has 0 radical (unpaired) electrons. The highest BCUT2D eigenvalue weighted by Crippen LogP contribution is 2.51. The van der Waals surface area contributed by atoms with Crippen LogP contribution in [0.4, 0.5) is 0 Å². The molecule has 10 heteroatoms. The minimum absolute atomic E-state index is 0.00622. The van der Waals surface area contributed by atoms with Gasteiger partial charge < -0.3 is 15.9 Å². The molecule has 0 bridgehead atoms. The number of ketones is 4.